The normalized spacial score (nSPS) is 17.3. The first-order valence-corrected chi connectivity index (χ1v) is 11.3. The lowest BCUT2D eigenvalue weighted by Crippen LogP contribution is -2.44. The van der Waals surface area contributed by atoms with E-state index in [4.69, 9.17) is 11.6 Å². The van der Waals surface area contributed by atoms with E-state index in [1.165, 1.54) is 0 Å². The van der Waals surface area contributed by atoms with Gasteiger partial charge in [-0.05, 0) is 24.6 Å². The van der Waals surface area contributed by atoms with E-state index in [-0.39, 0.29) is 35.8 Å². The first-order chi connectivity index (χ1) is 11.9. The average Bonchev–Trinajstić information content (AvgIpc) is 2.61. The molecule has 1 atom stereocenters. The van der Waals surface area contributed by atoms with Crippen LogP contribution in [0.5, 0.6) is 0 Å². The number of aliphatic imine (C=N–C) groups is 1. The van der Waals surface area contributed by atoms with Gasteiger partial charge in [-0.15, -0.1) is 24.0 Å². The van der Waals surface area contributed by atoms with E-state index < -0.39 is 10.0 Å². The molecule has 1 aromatic rings. The molecule has 0 aromatic heterocycles. The van der Waals surface area contributed by atoms with E-state index in [1.54, 1.807) is 23.1 Å². The zero-order chi connectivity index (χ0) is 18.3. The van der Waals surface area contributed by atoms with Gasteiger partial charge in [0.05, 0.1) is 11.8 Å². The number of hydrogen-bond acceptors (Lipinski definition) is 4. The second kappa shape index (κ2) is 11.6. The fraction of sp³-hybridized carbons (Fsp3) is 0.562. The lowest BCUT2D eigenvalue weighted by Gasteiger charge is -2.26. The van der Waals surface area contributed by atoms with Crippen LogP contribution in [-0.2, 0) is 10.0 Å². The lowest BCUT2D eigenvalue weighted by molar-refractivity contribution is 0.443. The number of sulfonamides is 1. The number of hydrogen-bond donors (Lipinski definition) is 2. The molecule has 148 valence electrons. The summed E-state index contributed by atoms with van der Waals surface area (Å²) in [5.41, 5.74) is 1.04. The Balaban J connectivity index is 0.00000338. The summed E-state index contributed by atoms with van der Waals surface area (Å²) in [5, 5.41) is 7.00. The van der Waals surface area contributed by atoms with Gasteiger partial charge >= 0.3 is 0 Å². The summed E-state index contributed by atoms with van der Waals surface area (Å²) in [6.07, 6.45) is 0. The van der Waals surface area contributed by atoms with Gasteiger partial charge in [0.15, 0.2) is 5.96 Å². The van der Waals surface area contributed by atoms with Crippen molar-refractivity contribution in [2.75, 3.05) is 43.9 Å². The molecule has 2 N–H and O–H groups in total. The van der Waals surface area contributed by atoms with Crippen LogP contribution in [0.3, 0.4) is 0 Å². The summed E-state index contributed by atoms with van der Waals surface area (Å²) in [5.74, 6) is 2.36. The van der Waals surface area contributed by atoms with Gasteiger partial charge in [-0.3, -0.25) is 4.99 Å². The van der Waals surface area contributed by atoms with Crippen molar-refractivity contribution in [3.05, 3.63) is 34.9 Å². The van der Waals surface area contributed by atoms with Crippen LogP contribution in [0.15, 0.2) is 29.3 Å². The summed E-state index contributed by atoms with van der Waals surface area (Å²) >= 11 is 7.81. The van der Waals surface area contributed by atoms with Crippen molar-refractivity contribution < 1.29 is 8.42 Å². The molecule has 0 aliphatic carbocycles. The van der Waals surface area contributed by atoms with Gasteiger partial charge in [-0.25, -0.2) is 12.7 Å². The second-order valence-corrected chi connectivity index (χ2v) is 9.50. The minimum atomic E-state index is -3.22. The predicted molar refractivity (Wildman–Crippen MR) is 122 cm³/mol. The fourth-order valence-electron chi connectivity index (χ4n) is 2.51. The van der Waals surface area contributed by atoms with Crippen molar-refractivity contribution in [2.24, 2.45) is 4.99 Å². The molecule has 1 aliphatic rings. The Morgan fingerprint density at radius 2 is 2.08 bits per heavy atom. The maximum atomic E-state index is 12.3. The quantitative estimate of drug-likeness (QED) is 0.335. The van der Waals surface area contributed by atoms with Crippen LogP contribution in [0.2, 0.25) is 5.02 Å². The highest BCUT2D eigenvalue weighted by molar-refractivity contribution is 14.0. The van der Waals surface area contributed by atoms with Gasteiger partial charge in [-0.2, -0.15) is 11.8 Å². The van der Waals surface area contributed by atoms with Crippen molar-refractivity contribution >= 4 is 63.3 Å². The molecule has 1 aliphatic heterocycles. The highest BCUT2D eigenvalue weighted by Crippen LogP contribution is 2.17. The van der Waals surface area contributed by atoms with E-state index in [0.29, 0.717) is 30.6 Å². The Bertz CT molecular complexity index is 697. The van der Waals surface area contributed by atoms with Crippen molar-refractivity contribution in [3.63, 3.8) is 0 Å². The first kappa shape index (κ1) is 23.8. The van der Waals surface area contributed by atoms with Crippen molar-refractivity contribution in [2.45, 2.75) is 13.0 Å². The predicted octanol–water partition coefficient (Wildman–Crippen LogP) is 2.56. The second-order valence-electron chi connectivity index (χ2n) is 5.75. The summed E-state index contributed by atoms with van der Waals surface area (Å²) < 4.78 is 26.3. The maximum Gasteiger partial charge on any atom is 0.215 e. The monoisotopic (exact) mass is 532 g/mol. The Labute approximate surface area is 182 Å². The highest BCUT2D eigenvalue weighted by Gasteiger charge is 2.23. The molecule has 1 fully saturated rings. The Morgan fingerprint density at radius 3 is 2.69 bits per heavy atom. The van der Waals surface area contributed by atoms with Crippen molar-refractivity contribution in [1.29, 1.82) is 0 Å². The minimum absolute atomic E-state index is 0. The molecule has 0 saturated carbocycles. The van der Waals surface area contributed by atoms with Crippen LogP contribution in [0.4, 0.5) is 0 Å². The molecule has 10 heteroatoms. The molecule has 1 aromatic carbocycles. The smallest absolute Gasteiger partial charge is 0.215 e. The SMILES string of the molecule is CN=C(NCCS(=O)(=O)N1CCSCC1)NC(C)c1cccc(Cl)c1.I. The molecular weight excluding hydrogens is 507 g/mol. The third kappa shape index (κ3) is 7.41. The topological polar surface area (TPSA) is 73.8 Å². The molecule has 1 unspecified atom stereocenters. The number of rotatable bonds is 6. The Hall–Kier alpha value is -0.230. The molecule has 0 amide bonds. The maximum absolute atomic E-state index is 12.3. The molecule has 2 rings (SSSR count). The van der Waals surface area contributed by atoms with Crippen LogP contribution < -0.4 is 10.6 Å². The number of benzene rings is 1. The van der Waals surface area contributed by atoms with E-state index in [2.05, 4.69) is 15.6 Å². The average molecular weight is 533 g/mol. The molecule has 1 heterocycles. The van der Waals surface area contributed by atoms with Gasteiger partial charge in [0.1, 0.15) is 0 Å². The summed E-state index contributed by atoms with van der Waals surface area (Å²) in [4.78, 5) is 4.16. The van der Waals surface area contributed by atoms with Gasteiger partial charge in [0, 0.05) is 43.2 Å². The number of nitrogens with one attached hydrogen (secondary N) is 2. The van der Waals surface area contributed by atoms with Crippen molar-refractivity contribution in [1.82, 2.24) is 14.9 Å². The van der Waals surface area contributed by atoms with Gasteiger partial charge < -0.3 is 10.6 Å². The largest absolute Gasteiger partial charge is 0.355 e. The molecular formula is C16H26ClIN4O2S2. The summed E-state index contributed by atoms with van der Waals surface area (Å²) in [6.45, 7) is 3.52. The van der Waals surface area contributed by atoms with Gasteiger partial charge in [0.25, 0.3) is 0 Å². The van der Waals surface area contributed by atoms with E-state index >= 15 is 0 Å². The van der Waals surface area contributed by atoms with Gasteiger partial charge in [0.2, 0.25) is 10.0 Å². The standard InChI is InChI=1S/C16H25ClN4O2S2.HI/c1-13(14-4-3-5-15(17)12-14)20-16(18-2)19-6-11-25(22,23)21-7-9-24-10-8-21;/h3-5,12-13H,6-11H2,1-2H3,(H2,18,19,20);1H. The Morgan fingerprint density at radius 1 is 1.38 bits per heavy atom. The summed E-state index contributed by atoms with van der Waals surface area (Å²) in [7, 11) is -1.55. The first-order valence-electron chi connectivity index (χ1n) is 8.20. The lowest BCUT2D eigenvalue weighted by atomic mass is 10.1. The van der Waals surface area contributed by atoms with E-state index in [1.807, 2.05) is 31.2 Å². The van der Waals surface area contributed by atoms with Crippen LogP contribution in [0, 0.1) is 0 Å². The highest BCUT2D eigenvalue weighted by atomic mass is 127. The molecule has 26 heavy (non-hydrogen) atoms. The molecule has 1 saturated heterocycles. The van der Waals surface area contributed by atoms with Crippen LogP contribution in [-0.4, -0.2) is 62.6 Å². The number of guanidine groups is 1. The third-order valence-electron chi connectivity index (χ3n) is 3.94. The number of thioether (sulfide) groups is 1. The van der Waals surface area contributed by atoms with E-state index in [0.717, 1.165) is 17.1 Å². The number of nitrogens with zero attached hydrogens (tertiary/aromatic N) is 2. The fourth-order valence-corrected chi connectivity index (χ4v) is 5.20. The van der Waals surface area contributed by atoms with Crippen molar-refractivity contribution in [3.8, 4) is 0 Å². The molecule has 0 radical (unpaired) electrons. The molecule has 6 nitrogen and oxygen atoms in total. The van der Waals surface area contributed by atoms with Crippen LogP contribution in [0.1, 0.15) is 18.5 Å². The van der Waals surface area contributed by atoms with Crippen LogP contribution in [0.25, 0.3) is 0 Å². The van der Waals surface area contributed by atoms with Gasteiger partial charge in [-0.1, -0.05) is 23.7 Å². The molecule has 0 bridgehead atoms. The molecule has 0 spiro atoms. The van der Waals surface area contributed by atoms with E-state index in [9.17, 15) is 8.42 Å². The zero-order valence-corrected chi connectivity index (χ0v) is 19.7. The Kier molecular flexibility index (Phi) is 10.6. The number of halogens is 2. The third-order valence-corrected chi connectivity index (χ3v) is 6.99. The van der Waals surface area contributed by atoms with Crippen LogP contribution >= 0.6 is 47.3 Å². The zero-order valence-electron chi connectivity index (χ0n) is 14.9. The summed E-state index contributed by atoms with van der Waals surface area (Å²) in [6, 6.07) is 7.60. The minimum Gasteiger partial charge on any atom is -0.355 e.